The van der Waals surface area contributed by atoms with Gasteiger partial charge in [0.25, 0.3) is 0 Å². The second-order valence-electron chi connectivity index (χ2n) is 5.98. The van der Waals surface area contributed by atoms with Gasteiger partial charge in [0.1, 0.15) is 4.21 Å². The zero-order valence-corrected chi connectivity index (χ0v) is 14.5. The molecule has 0 aliphatic heterocycles. The van der Waals surface area contributed by atoms with Crippen LogP contribution in [-0.4, -0.2) is 47.6 Å². The summed E-state index contributed by atoms with van der Waals surface area (Å²) < 4.78 is 27.6. The van der Waals surface area contributed by atoms with E-state index in [1.54, 1.807) is 6.07 Å². The van der Waals surface area contributed by atoms with Crippen LogP contribution in [0.15, 0.2) is 16.3 Å². The van der Waals surface area contributed by atoms with Crippen molar-refractivity contribution in [3.05, 3.63) is 17.0 Å². The van der Waals surface area contributed by atoms with Gasteiger partial charge in [-0.15, -0.1) is 11.3 Å². The van der Waals surface area contributed by atoms with Gasteiger partial charge in [-0.1, -0.05) is 13.8 Å². The van der Waals surface area contributed by atoms with Gasteiger partial charge in [0.05, 0.1) is 0 Å². The topological polar surface area (TPSA) is 61.4 Å². The fourth-order valence-electron chi connectivity index (χ4n) is 2.05. The molecule has 0 unspecified atom stereocenters. The van der Waals surface area contributed by atoms with Crippen molar-refractivity contribution in [2.75, 3.05) is 34.2 Å². The first-order chi connectivity index (χ1) is 9.16. The van der Waals surface area contributed by atoms with Gasteiger partial charge in [0.2, 0.25) is 10.0 Å². The van der Waals surface area contributed by atoms with E-state index in [1.165, 1.54) is 11.3 Å². The second-order valence-corrected chi connectivity index (χ2v) is 9.14. The minimum Gasteiger partial charge on any atom is -0.315 e. The lowest BCUT2D eigenvalue weighted by Gasteiger charge is -2.28. The molecular formula is C13H25N3O2S2. The smallest absolute Gasteiger partial charge is 0.250 e. The summed E-state index contributed by atoms with van der Waals surface area (Å²) in [5.41, 5.74) is -0.109. The quantitative estimate of drug-likeness (QED) is 0.759. The molecule has 20 heavy (non-hydrogen) atoms. The molecule has 0 saturated carbocycles. The summed E-state index contributed by atoms with van der Waals surface area (Å²) in [6.07, 6.45) is 0. The number of nitrogens with one attached hydrogen (secondary N) is 2. The molecule has 0 radical (unpaired) electrons. The van der Waals surface area contributed by atoms with E-state index in [4.69, 9.17) is 0 Å². The molecule has 5 nitrogen and oxygen atoms in total. The van der Waals surface area contributed by atoms with Gasteiger partial charge in [-0.2, -0.15) is 0 Å². The minimum atomic E-state index is -3.40. The molecule has 0 fully saturated rings. The van der Waals surface area contributed by atoms with E-state index in [0.29, 0.717) is 17.3 Å². The Balaban J connectivity index is 2.69. The van der Waals surface area contributed by atoms with Crippen LogP contribution in [-0.2, 0) is 16.6 Å². The highest BCUT2D eigenvalue weighted by molar-refractivity contribution is 7.91. The monoisotopic (exact) mass is 319 g/mol. The molecule has 0 bridgehead atoms. The van der Waals surface area contributed by atoms with Crippen molar-refractivity contribution in [3.63, 3.8) is 0 Å². The fourth-order valence-corrected chi connectivity index (χ4v) is 4.70. The molecule has 7 heteroatoms. The van der Waals surface area contributed by atoms with Crippen molar-refractivity contribution in [2.45, 2.75) is 24.6 Å². The lowest BCUT2D eigenvalue weighted by molar-refractivity contribution is 0.242. The van der Waals surface area contributed by atoms with Gasteiger partial charge in [0.15, 0.2) is 0 Å². The summed E-state index contributed by atoms with van der Waals surface area (Å²) in [4.78, 5) is 3.07. The molecule has 1 aromatic heterocycles. The summed E-state index contributed by atoms with van der Waals surface area (Å²) in [6.45, 7) is 6.04. The molecule has 0 aliphatic carbocycles. The Hall–Kier alpha value is -0.470. The van der Waals surface area contributed by atoms with Gasteiger partial charge in [-0.25, -0.2) is 13.1 Å². The summed E-state index contributed by atoms with van der Waals surface area (Å²) in [5, 5.41) is 3.02. The maximum Gasteiger partial charge on any atom is 0.250 e. The van der Waals surface area contributed by atoms with E-state index in [1.807, 2.05) is 27.2 Å². The summed E-state index contributed by atoms with van der Waals surface area (Å²) in [5.74, 6) is 0. The van der Waals surface area contributed by atoms with Crippen LogP contribution >= 0.6 is 11.3 Å². The highest BCUT2D eigenvalue weighted by atomic mass is 32.2. The molecule has 0 aromatic carbocycles. The Morgan fingerprint density at radius 2 is 1.95 bits per heavy atom. The average Bonchev–Trinajstić information content (AvgIpc) is 2.75. The van der Waals surface area contributed by atoms with Crippen LogP contribution in [0.4, 0.5) is 0 Å². The van der Waals surface area contributed by atoms with Crippen molar-refractivity contribution in [2.24, 2.45) is 5.41 Å². The van der Waals surface area contributed by atoms with Crippen LogP contribution in [0.5, 0.6) is 0 Å². The number of thiophene rings is 1. The zero-order chi connectivity index (χ0) is 15.4. The number of hydrogen-bond acceptors (Lipinski definition) is 5. The Morgan fingerprint density at radius 1 is 1.30 bits per heavy atom. The maximum atomic E-state index is 12.2. The van der Waals surface area contributed by atoms with E-state index in [2.05, 4.69) is 28.8 Å². The molecular weight excluding hydrogens is 294 g/mol. The molecule has 1 aromatic rings. The molecule has 1 rings (SSSR count). The Kier molecular flexibility index (Phi) is 6.15. The summed E-state index contributed by atoms with van der Waals surface area (Å²) >= 11 is 1.31. The predicted octanol–water partition coefficient (Wildman–Crippen LogP) is 1.33. The zero-order valence-electron chi connectivity index (χ0n) is 12.9. The van der Waals surface area contributed by atoms with Gasteiger partial charge < -0.3 is 10.2 Å². The Morgan fingerprint density at radius 3 is 2.50 bits per heavy atom. The van der Waals surface area contributed by atoms with E-state index in [9.17, 15) is 8.42 Å². The summed E-state index contributed by atoms with van der Waals surface area (Å²) in [6, 6.07) is 3.51. The lowest BCUT2D eigenvalue weighted by atomic mass is 9.93. The van der Waals surface area contributed by atoms with E-state index in [-0.39, 0.29) is 5.41 Å². The molecule has 116 valence electrons. The van der Waals surface area contributed by atoms with E-state index in [0.717, 1.165) is 11.4 Å². The van der Waals surface area contributed by atoms with Crippen molar-refractivity contribution in [3.8, 4) is 0 Å². The third-order valence-electron chi connectivity index (χ3n) is 2.74. The SMILES string of the molecule is CNCc1ccc(S(=O)(=O)NCC(C)(C)CN(C)C)s1. The first-order valence-corrected chi connectivity index (χ1v) is 8.84. The van der Waals surface area contributed by atoms with Crippen LogP contribution < -0.4 is 10.0 Å². The molecule has 2 N–H and O–H groups in total. The van der Waals surface area contributed by atoms with E-state index < -0.39 is 10.0 Å². The molecule has 0 amide bonds. The minimum absolute atomic E-state index is 0.109. The lowest BCUT2D eigenvalue weighted by Crippen LogP contribution is -2.39. The number of hydrogen-bond donors (Lipinski definition) is 2. The molecule has 0 spiro atoms. The largest absolute Gasteiger partial charge is 0.315 e. The van der Waals surface area contributed by atoms with Crippen molar-refractivity contribution < 1.29 is 8.42 Å². The number of sulfonamides is 1. The van der Waals surface area contributed by atoms with Crippen LogP contribution in [0, 0.1) is 5.41 Å². The van der Waals surface area contributed by atoms with Gasteiger partial charge in [-0.05, 0) is 38.7 Å². The van der Waals surface area contributed by atoms with Crippen molar-refractivity contribution in [1.82, 2.24) is 14.9 Å². The van der Waals surface area contributed by atoms with E-state index >= 15 is 0 Å². The second kappa shape index (κ2) is 7.00. The molecule has 0 atom stereocenters. The maximum absolute atomic E-state index is 12.2. The van der Waals surface area contributed by atoms with Gasteiger partial charge in [0, 0.05) is 24.5 Å². The highest BCUT2D eigenvalue weighted by Gasteiger charge is 2.24. The van der Waals surface area contributed by atoms with Crippen LogP contribution in [0.25, 0.3) is 0 Å². The van der Waals surface area contributed by atoms with Crippen LogP contribution in [0.3, 0.4) is 0 Å². The first-order valence-electron chi connectivity index (χ1n) is 6.54. The molecule has 0 saturated heterocycles. The van der Waals surface area contributed by atoms with Crippen LogP contribution in [0.2, 0.25) is 0 Å². The number of nitrogens with zero attached hydrogens (tertiary/aromatic N) is 1. The number of rotatable bonds is 8. The van der Waals surface area contributed by atoms with Crippen molar-refractivity contribution in [1.29, 1.82) is 0 Å². The van der Waals surface area contributed by atoms with Gasteiger partial charge in [-0.3, -0.25) is 0 Å². The average molecular weight is 319 g/mol. The van der Waals surface area contributed by atoms with Gasteiger partial charge >= 0.3 is 0 Å². The molecule has 0 aliphatic rings. The normalized spacial score (nSPS) is 13.1. The fraction of sp³-hybridized carbons (Fsp3) is 0.692. The first kappa shape index (κ1) is 17.6. The third-order valence-corrected chi connectivity index (χ3v) is 5.72. The predicted molar refractivity (Wildman–Crippen MR) is 84.6 cm³/mol. The van der Waals surface area contributed by atoms with Crippen LogP contribution in [0.1, 0.15) is 18.7 Å². The Labute approximate surface area is 126 Å². The van der Waals surface area contributed by atoms with Crippen molar-refractivity contribution >= 4 is 21.4 Å². The standard InChI is InChI=1S/C13H25N3O2S2/c1-13(2,10-16(4)5)9-15-20(17,18)12-7-6-11(19-12)8-14-3/h6-7,14-15H,8-10H2,1-5H3. The highest BCUT2D eigenvalue weighted by Crippen LogP contribution is 2.22. The Bertz CT molecular complexity index is 521. The summed E-state index contributed by atoms with van der Waals surface area (Å²) in [7, 11) is 2.41. The third kappa shape index (κ3) is 5.49. The molecule has 1 heterocycles.